The van der Waals surface area contributed by atoms with Gasteiger partial charge in [0.15, 0.2) is 6.61 Å². The summed E-state index contributed by atoms with van der Waals surface area (Å²) in [5, 5.41) is 12.1. The maximum absolute atomic E-state index is 12.5. The number of para-hydroxylation sites is 2. The summed E-state index contributed by atoms with van der Waals surface area (Å²) in [6.07, 6.45) is 0.383. The average molecular weight is 408 g/mol. The highest BCUT2D eigenvalue weighted by Crippen LogP contribution is 2.35. The molecular formula is C21H20N4O3S. The standard InChI is InChI=1S/C21H20N4O3S/c1-14-7-5-6-10-17(14)25-12-15(11-19(25)27)20-23-24-21(29-20)22-18(26)13-28-16-8-3-2-4-9-16/h2-10,15H,11-13H2,1H3,(H,22,24,26)/t15-/m1/s1. The number of carbonyl (C=O) groups excluding carboxylic acids is 2. The highest BCUT2D eigenvalue weighted by molar-refractivity contribution is 7.15. The van der Waals surface area contributed by atoms with E-state index in [2.05, 4.69) is 15.5 Å². The number of nitrogens with zero attached hydrogens (tertiary/aromatic N) is 3. The third kappa shape index (κ3) is 4.43. The number of ether oxygens (including phenoxy) is 1. The van der Waals surface area contributed by atoms with Gasteiger partial charge < -0.3 is 9.64 Å². The normalized spacial score (nSPS) is 16.1. The zero-order valence-electron chi connectivity index (χ0n) is 15.9. The van der Waals surface area contributed by atoms with Crippen molar-refractivity contribution in [3.8, 4) is 5.75 Å². The highest BCUT2D eigenvalue weighted by atomic mass is 32.1. The van der Waals surface area contributed by atoms with Gasteiger partial charge in [-0.3, -0.25) is 14.9 Å². The molecule has 2 heterocycles. The number of hydrogen-bond acceptors (Lipinski definition) is 6. The first-order chi connectivity index (χ1) is 14.1. The van der Waals surface area contributed by atoms with Gasteiger partial charge >= 0.3 is 0 Å². The summed E-state index contributed by atoms with van der Waals surface area (Å²) in [6.45, 7) is 2.44. The third-order valence-electron chi connectivity index (χ3n) is 4.68. The van der Waals surface area contributed by atoms with Crippen LogP contribution in [0.15, 0.2) is 54.6 Å². The number of anilines is 2. The largest absolute Gasteiger partial charge is 0.484 e. The molecule has 0 bridgehead atoms. The van der Waals surface area contributed by atoms with Crippen LogP contribution in [0.4, 0.5) is 10.8 Å². The Morgan fingerprint density at radius 2 is 1.93 bits per heavy atom. The van der Waals surface area contributed by atoms with Crippen LogP contribution >= 0.6 is 11.3 Å². The fourth-order valence-corrected chi connectivity index (χ4v) is 4.09. The number of aryl methyl sites for hydroxylation is 1. The first-order valence-corrected chi connectivity index (χ1v) is 10.1. The van der Waals surface area contributed by atoms with Crippen LogP contribution in [0, 0.1) is 6.92 Å². The van der Waals surface area contributed by atoms with Gasteiger partial charge in [0.05, 0.1) is 0 Å². The Morgan fingerprint density at radius 1 is 1.17 bits per heavy atom. The number of benzene rings is 2. The van der Waals surface area contributed by atoms with Crippen LogP contribution in [0.25, 0.3) is 0 Å². The molecule has 0 radical (unpaired) electrons. The van der Waals surface area contributed by atoms with Crippen molar-refractivity contribution in [2.45, 2.75) is 19.3 Å². The van der Waals surface area contributed by atoms with Crippen LogP contribution in [0.1, 0.15) is 22.9 Å². The molecule has 0 saturated carbocycles. The van der Waals surface area contributed by atoms with Crippen LogP contribution < -0.4 is 15.0 Å². The molecule has 1 saturated heterocycles. The van der Waals surface area contributed by atoms with E-state index in [0.717, 1.165) is 16.3 Å². The van der Waals surface area contributed by atoms with Crippen molar-refractivity contribution >= 4 is 34.0 Å². The SMILES string of the molecule is Cc1ccccc1N1C[C@H](c2nnc(NC(=O)COc3ccccc3)s2)CC1=O. The lowest BCUT2D eigenvalue weighted by Crippen LogP contribution is -2.25. The molecule has 2 amide bonds. The Balaban J connectivity index is 1.36. The van der Waals surface area contributed by atoms with Gasteiger partial charge in [0, 0.05) is 24.6 Å². The molecule has 2 aromatic carbocycles. The lowest BCUT2D eigenvalue weighted by molar-refractivity contribution is -0.118. The lowest BCUT2D eigenvalue weighted by atomic mass is 10.1. The number of rotatable bonds is 6. The van der Waals surface area contributed by atoms with E-state index in [9.17, 15) is 9.59 Å². The van der Waals surface area contributed by atoms with E-state index < -0.39 is 0 Å². The summed E-state index contributed by atoms with van der Waals surface area (Å²) in [4.78, 5) is 26.4. The minimum absolute atomic E-state index is 0.0363. The second-order valence-corrected chi connectivity index (χ2v) is 7.80. The Morgan fingerprint density at radius 3 is 2.72 bits per heavy atom. The van der Waals surface area contributed by atoms with Crippen LogP contribution in [-0.4, -0.2) is 35.2 Å². The number of amides is 2. The molecule has 8 heteroatoms. The second kappa shape index (κ2) is 8.40. The summed E-state index contributed by atoms with van der Waals surface area (Å²) in [5.74, 6) is 0.356. The average Bonchev–Trinajstić information content (AvgIpc) is 3.34. The van der Waals surface area contributed by atoms with E-state index in [1.54, 1.807) is 17.0 Å². The maximum atomic E-state index is 12.5. The van der Waals surface area contributed by atoms with Crippen molar-refractivity contribution in [2.24, 2.45) is 0 Å². The molecule has 1 N–H and O–H groups in total. The summed E-state index contributed by atoms with van der Waals surface area (Å²) in [7, 11) is 0. The van der Waals surface area contributed by atoms with Gasteiger partial charge in [-0.1, -0.05) is 47.7 Å². The third-order valence-corrected chi connectivity index (χ3v) is 5.68. The first-order valence-electron chi connectivity index (χ1n) is 9.27. The number of nitrogens with one attached hydrogen (secondary N) is 1. The minimum atomic E-state index is -0.305. The fraction of sp³-hybridized carbons (Fsp3) is 0.238. The topological polar surface area (TPSA) is 84.4 Å². The van der Waals surface area contributed by atoms with Gasteiger partial charge in [-0.05, 0) is 30.7 Å². The Hall–Kier alpha value is -3.26. The van der Waals surface area contributed by atoms with Crippen LogP contribution in [-0.2, 0) is 9.59 Å². The van der Waals surface area contributed by atoms with Crippen LogP contribution in [0.3, 0.4) is 0 Å². The second-order valence-electron chi connectivity index (χ2n) is 6.79. The fourth-order valence-electron chi connectivity index (χ4n) is 3.24. The van der Waals surface area contributed by atoms with Gasteiger partial charge in [0.25, 0.3) is 5.91 Å². The van der Waals surface area contributed by atoms with E-state index >= 15 is 0 Å². The van der Waals surface area contributed by atoms with Crippen molar-refractivity contribution in [1.82, 2.24) is 10.2 Å². The Bertz CT molecular complexity index is 1020. The van der Waals surface area contributed by atoms with E-state index in [0.29, 0.717) is 23.8 Å². The quantitative estimate of drug-likeness (QED) is 0.676. The molecular weight excluding hydrogens is 388 g/mol. The van der Waals surface area contributed by atoms with Crippen molar-refractivity contribution in [1.29, 1.82) is 0 Å². The Kier molecular flexibility index (Phi) is 5.53. The van der Waals surface area contributed by atoms with Crippen molar-refractivity contribution < 1.29 is 14.3 Å². The molecule has 1 aliphatic rings. The van der Waals surface area contributed by atoms with Gasteiger partial charge in [0.1, 0.15) is 10.8 Å². The lowest BCUT2D eigenvalue weighted by Gasteiger charge is -2.18. The smallest absolute Gasteiger partial charge is 0.264 e. The molecule has 29 heavy (non-hydrogen) atoms. The molecule has 148 valence electrons. The molecule has 1 aromatic heterocycles. The Labute approximate surface area is 172 Å². The molecule has 0 aliphatic carbocycles. The predicted octanol–water partition coefficient (Wildman–Crippen LogP) is 3.38. The zero-order chi connectivity index (χ0) is 20.2. The van der Waals surface area contributed by atoms with E-state index in [-0.39, 0.29) is 24.3 Å². The van der Waals surface area contributed by atoms with Gasteiger partial charge in [-0.25, -0.2) is 0 Å². The van der Waals surface area contributed by atoms with Crippen molar-refractivity contribution in [2.75, 3.05) is 23.4 Å². The van der Waals surface area contributed by atoms with Gasteiger partial charge in [0.2, 0.25) is 11.0 Å². The molecule has 0 unspecified atom stereocenters. The molecule has 1 fully saturated rings. The highest BCUT2D eigenvalue weighted by Gasteiger charge is 2.34. The molecule has 7 nitrogen and oxygen atoms in total. The van der Waals surface area contributed by atoms with Crippen molar-refractivity contribution in [3.05, 3.63) is 65.2 Å². The molecule has 1 aliphatic heterocycles. The number of aromatic nitrogens is 2. The van der Waals surface area contributed by atoms with Gasteiger partial charge in [-0.2, -0.15) is 0 Å². The monoisotopic (exact) mass is 408 g/mol. The van der Waals surface area contributed by atoms with E-state index in [4.69, 9.17) is 4.74 Å². The summed E-state index contributed by atoms with van der Waals surface area (Å²) < 4.78 is 5.43. The van der Waals surface area contributed by atoms with E-state index in [1.165, 1.54) is 11.3 Å². The van der Waals surface area contributed by atoms with Crippen LogP contribution in [0.2, 0.25) is 0 Å². The number of carbonyl (C=O) groups is 2. The van der Waals surface area contributed by atoms with Crippen LogP contribution in [0.5, 0.6) is 5.75 Å². The minimum Gasteiger partial charge on any atom is -0.484 e. The maximum Gasteiger partial charge on any atom is 0.264 e. The predicted molar refractivity (Wildman–Crippen MR) is 111 cm³/mol. The zero-order valence-corrected chi connectivity index (χ0v) is 16.7. The number of hydrogen-bond donors (Lipinski definition) is 1. The molecule has 0 spiro atoms. The molecule has 3 aromatic rings. The summed E-state index contributed by atoms with van der Waals surface area (Å²) >= 11 is 1.29. The van der Waals surface area contributed by atoms with Gasteiger partial charge in [-0.15, -0.1) is 10.2 Å². The van der Waals surface area contributed by atoms with Crippen molar-refractivity contribution in [3.63, 3.8) is 0 Å². The molecule has 4 rings (SSSR count). The summed E-state index contributed by atoms with van der Waals surface area (Å²) in [6, 6.07) is 17.0. The van der Waals surface area contributed by atoms with E-state index in [1.807, 2.05) is 49.4 Å². The summed E-state index contributed by atoms with van der Waals surface area (Å²) in [5.41, 5.74) is 1.99. The first kappa shape index (κ1) is 19.1. The molecule has 1 atom stereocenters.